The lowest BCUT2D eigenvalue weighted by molar-refractivity contribution is 0.102. The molecular weight excluding hydrogens is 294 g/mol. The van der Waals surface area contributed by atoms with Crippen molar-refractivity contribution in [2.75, 3.05) is 5.43 Å². The number of anilines is 1. The van der Waals surface area contributed by atoms with E-state index in [4.69, 9.17) is 11.6 Å². The molecule has 104 valence electrons. The number of rotatable bonds is 4. The SMILES string of the molecule is CC(=O)c1sc(N/N=C(/C)c2ccc(Cl)cc2)nc1C. The van der Waals surface area contributed by atoms with Gasteiger partial charge in [-0.2, -0.15) is 5.10 Å². The number of carbonyl (C=O) groups is 1. The van der Waals surface area contributed by atoms with Crippen LogP contribution in [0.15, 0.2) is 29.4 Å². The Morgan fingerprint density at radius 1 is 1.30 bits per heavy atom. The summed E-state index contributed by atoms with van der Waals surface area (Å²) in [5.74, 6) is 0.0199. The molecule has 2 rings (SSSR count). The Balaban J connectivity index is 2.14. The predicted molar refractivity (Wildman–Crippen MR) is 84.1 cm³/mol. The molecule has 6 heteroatoms. The van der Waals surface area contributed by atoms with Crippen molar-refractivity contribution in [1.82, 2.24) is 4.98 Å². The first-order chi connectivity index (χ1) is 9.47. The van der Waals surface area contributed by atoms with Crippen LogP contribution in [0.5, 0.6) is 0 Å². The summed E-state index contributed by atoms with van der Waals surface area (Å²) in [5, 5.41) is 5.57. The van der Waals surface area contributed by atoms with Crippen LogP contribution in [0, 0.1) is 6.92 Å². The zero-order valence-electron chi connectivity index (χ0n) is 11.4. The van der Waals surface area contributed by atoms with Crippen molar-refractivity contribution in [3.63, 3.8) is 0 Å². The Hall–Kier alpha value is -1.72. The highest BCUT2D eigenvalue weighted by molar-refractivity contribution is 7.17. The second-order valence-corrected chi connectivity index (χ2v) is 5.74. The minimum atomic E-state index is 0.0199. The number of benzene rings is 1. The van der Waals surface area contributed by atoms with E-state index >= 15 is 0 Å². The molecule has 0 radical (unpaired) electrons. The third kappa shape index (κ3) is 3.43. The lowest BCUT2D eigenvalue weighted by atomic mass is 10.1. The van der Waals surface area contributed by atoms with Gasteiger partial charge < -0.3 is 0 Å². The largest absolute Gasteiger partial charge is 0.294 e. The molecule has 2 aromatic rings. The number of hydrogen-bond acceptors (Lipinski definition) is 5. The van der Waals surface area contributed by atoms with E-state index in [0.717, 1.165) is 17.0 Å². The smallest absolute Gasteiger partial charge is 0.204 e. The number of halogens is 1. The molecule has 0 aliphatic rings. The number of hydrogen-bond donors (Lipinski definition) is 1. The maximum absolute atomic E-state index is 11.4. The van der Waals surface area contributed by atoms with Gasteiger partial charge in [0.05, 0.1) is 16.3 Å². The van der Waals surface area contributed by atoms with Gasteiger partial charge in [-0.3, -0.25) is 10.2 Å². The number of ketones is 1. The number of hydrazone groups is 1. The van der Waals surface area contributed by atoms with Crippen LogP contribution in [-0.2, 0) is 0 Å². The van der Waals surface area contributed by atoms with E-state index in [9.17, 15) is 4.79 Å². The lowest BCUT2D eigenvalue weighted by Crippen LogP contribution is -1.99. The van der Waals surface area contributed by atoms with Gasteiger partial charge in [0.25, 0.3) is 0 Å². The summed E-state index contributed by atoms with van der Waals surface area (Å²) in [4.78, 5) is 16.3. The molecule has 0 saturated heterocycles. The number of aromatic nitrogens is 1. The van der Waals surface area contributed by atoms with Crippen molar-refractivity contribution in [3.8, 4) is 0 Å². The minimum Gasteiger partial charge on any atom is -0.294 e. The highest BCUT2D eigenvalue weighted by Crippen LogP contribution is 2.23. The number of aryl methyl sites for hydroxylation is 1. The van der Waals surface area contributed by atoms with E-state index in [1.165, 1.54) is 18.3 Å². The Kier molecular flexibility index (Phi) is 4.52. The molecule has 1 heterocycles. The van der Waals surface area contributed by atoms with Gasteiger partial charge >= 0.3 is 0 Å². The second-order valence-electron chi connectivity index (χ2n) is 4.31. The average molecular weight is 308 g/mol. The van der Waals surface area contributed by atoms with Gasteiger partial charge in [-0.05, 0) is 31.5 Å². The Labute approximate surface area is 126 Å². The maximum atomic E-state index is 11.4. The molecule has 0 spiro atoms. The van der Waals surface area contributed by atoms with E-state index in [0.29, 0.717) is 15.0 Å². The first-order valence-electron chi connectivity index (χ1n) is 6.02. The van der Waals surface area contributed by atoms with Crippen LogP contribution < -0.4 is 5.43 Å². The fraction of sp³-hybridized carbons (Fsp3) is 0.214. The third-order valence-corrected chi connectivity index (χ3v) is 4.11. The maximum Gasteiger partial charge on any atom is 0.204 e. The fourth-order valence-electron chi connectivity index (χ4n) is 1.66. The van der Waals surface area contributed by atoms with Gasteiger partial charge in [-0.1, -0.05) is 35.1 Å². The van der Waals surface area contributed by atoms with Crippen LogP contribution in [0.2, 0.25) is 5.02 Å². The monoisotopic (exact) mass is 307 g/mol. The molecule has 4 nitrogen and oxygen atoms in total. The van der Waals surface area contributed by atoms with Crippen LogP contribution in [0.25, 0.3) is 0 Å². The zero-order valence-corrected chi connectivity index (χ0v) is 13.0. The van der Waals surface area contributed by atoms with Crippen molar-refractivity contribution < 1.29 is 4.79 Å². The van der Waals surface area contributed by atoms with Gasteiger partial charge in [0.15, 0.2) is 5.78 Å². The summed E-state index contributed by atoms with van der Waals surface area (Å²) >= 11 is 7.15. The number of carbonyl (C=O) groups excluding carboxylic acids is 1. The summed E-state index contributed by atoms with van der Waals surface area (Å²) in [6, 6.07) is 7.43. The van der Waals surface area contributed by atoms with Gasteiger partial charge in [-0.15, -0.1) is 0 Å². The lowest BCUT2D eigenvalue weighted by Gasteiger charge is -2.01. The van der Waals surface area contributed by atoms with Crippen molar-refractivity contribution in [2.45, 2.75) is 20.8 Å². The summed E-state index contributed by atoms with van der Waals surface area (Å²) in [6.07, 6.45) is 0. The molecule has 20 heavy (non-hydrogen) atoms. The van der Waals surface area contributed by atoms with E-state index < -0.39 is 0 Å². The molecule has 0 aliphatic heterocycles. The standard InChI is InChI=1S/C14H14ClN3OS/c1-8(11-4-6-12(15)7-5-11)17-18-14-16-9(2)13(20-14)10(3)19/h4-7H,1-3H3,(H,16,18)/b17-8-. The van der Waals surface area contributed by atoms with Crippen LogP contribution in [0.4, 0.5) is 5.13 Å². The summed E-state index contributed by atoms with van der Waals surface area (Å²) in [6.45, 7) is 5.24. The number of Topliss-reactive ketones (excluding diaryl/α,β-unsaturated/α-hetero) is 1. The van der Waals surface area contributed by atoms with Gasteiger partial charge in [0, 0.05) is 11.9 Å². The number of nitrogens with one attached hydrogen (secondary N) is 1. The molecule has 0 aliphatic carbocycles. The molecule has 0 amide bonds. The number of thiazole rings is 1. The van der Waals surface area contributed by atoms with Crippen molar-refractivity contribution >= 4 is 39.6 Å². The van der Waals surface area contributed by atoms with Gasteiger partial charge in [0.2, 0.25) is 5.13 Å². The molecule has 1 N–H and O–H groups in total. The molecule has 1 aromatic carbocycles. The molecule has 1 aromatic heterocycles. The fourth-order valence-corrected chi connectivity index (χ4v) is 2.59. The van der Waals surface area contributed by atoms with Crippen LogP contribution in [-0.4, -0.2) is 16.5 Å². The first kappa shape index (κ1) is 14.7. The number of nitrogens with zero attached hydrogens (tertiary/aromatic N) is 2. The summed E-state index contributed by atoms with van der Waals surface area (Å²) in [5.41, 5.74) is 5.40. The molecule has 0 fully saturated rings. The highest BCUT2D eigenvalue weighted by Gasteiger charge is 2.10. The third-order valence-electron chi connectivity index (χ3n) is 2.70. The molecule has 0 atom stereocenters. The predicted octanol–water partition coefficient (Wildman–Crippen LogP) is 4.14. The van der Waals surface area contributed by atoms with Crippen LogP contribution in [0.1, 0.15) is 34.8 Å². The van der Waals surface area contributed by atoms with Gasteiger partial charge in [-0.25, -0.2) is 4.98 Å². The summed E-state index contributed by atoms with van der Waals surface area (Å²) in [7, 11) is 0. The topological polar surface area (TPSA) is 54.4 Å². The zero-order chi connectivity index (χ0) is 14.7. The molecular formula is C14H14ClN3OS. The molecule has 0 unspecified atom stereocenters. The van der Waals surface area contributed by atoms with Crippen molar-refractivity contribution in [2.24, 2.45) is 5.10 Å². The van der Waals surface area contributed by atoms with Crippen LogP contribution >= 0.6 is 22.9 Å². The first-order valence-corrected chi connectivity index (χ1v) is 7.21. The second kappa shape index (κ2) is 6.15. The van der Waals surface area contributed by atoms with Crippen molar-refractivity contribution in [3.05, 3.63) is 45.4 Å². The van der Waals surface area contributed by atoms with Gasteiger partial charge in [0.1, 0.15) is 0 Å². The van der Waals surface area contributed by atoms with Crippen molar-refractivity contribution in [1.29, 1.82) is 0 Å². The quantitative estimate of drug-likeness (QED) is 0.524. The van der Waals surface area contributed by atoms with Crippen LogP contribution in [0.3, 0.4) is 0 Å². The Morgan fingerprint density at radius 3 is 2.50 bits per heavy atom. The highest BCUT2D eigenvalue weighted by atomic mass is 35.5. The van der Waals surface area contributed by atoms with E-state index in [2.05, 4.69) is 15.5 Å². The normalized spacial score (nSPS) is 11.5. The van der Waals surface area contributed by atoms with E-state index in [1.807, 2.05) is 38.1 Å². The van der Waals surface area contributed by atoms with E-state index in [1.54, 1.807) is 0 Å². The molecule has 0 saturated carbocycles. The Bertz CT molecular complexity index is 662. The average Bonchev–Trinajstić information content (AvgIpc) is 2.78. The molecule has 0 bridgehead atoms. The van der Waals surface area contributed by atoms with E-state index in [-0.39, 0.29) is 5.78 Å². The Morgan fingerprint density at radius 2 is 1.95 bits per heavy atom. The minimum absolute atomic E-state index is 0.0199. The summed E-state index contributed by atoms with van der Waals surface area (Å²) < 4.78 is 0.